The highest BCUT2D eigenvalue weighted by molar-refractivity contribution is 9.10. The third-order valence-electron chi connectivity index (χ3n) is 3.12. The summed E-state index contributed by atoms with van der Waals surface area (Å²) in [4.78, 5) is 12.9. The molecular formula is C13H16BrNOS2. The van der Waals surface area contributed by atoms with Crippen molar-refractivity contribution in [2.75, 3.05) is 12.3 Å². The number of nitrogens with one attached hydrogen (secondary N) is 1. The molecule has 1 N–H and O–H groups in total. The van der Waals surface area contributed by atoms with Crippen LogP contribution in [-0.2, 0) is 0 Å². The van der Waals surface area contributed by atoms with Crippen LogP contribution in [0, 0.1) is 0 Å². The lowest BCUT2D eigenvalue weighted by atomic mass is 10.1. The van der Waals surface area contributed by atoms with Crippen LogP contribution in [0.15, 0.2) is 27.6 Å². The molecule has 1 unspecified atom stereocenters. The first kappa shape index (κ1) is 14.3. The monoisotopic (exact) mass is 345 g/mol. The number of benzene rings is 1. The summed E-state index contributed by atoms with van der Waals surface area (Å²) in [6.45, 7) is 2.94. The summed E-state index contributed by atoms with van der Waals surface area (Å²) in [6, 6.07) is 5.49. The van der Waals surface area contributed by atoms with Gasteiger partial charge in [-0.1, -0.05) is 0 Å². The van der Waals surface area contributed by atoms with E-state index in [9.17, 15) is 4.79 Å². The Labute approximate surface area is 126 Å². The van der Waals surface area contributed by atoms with Gasteiger partial charge in [0, 0.05) is 20.7 Å². The van der Waals surface area contributed by atoms with E-state index in [0.717, 1.165) is 15.9 Å². The molecule has 0 aromatic heterocycles. The summed E-state index contributed by atoms with van der Waals surface area (Å²) in [6.07, 6.45) is 2.42. The number of rotatable bonds is 3. The van der Waals surface area contributed by atoms with Gasteiger partial charge >= 0.3 is 0 Å². The van der Waals surface area contributed by atoms with Crippen LogP contribution in [0.5, 0.6) is 0 Å². The van der Waals surface area contributed by atoms with Gasteiger partial charge in [0.25, 0.3) is 5.91 Å². The molecule has 0 aliphatic carbocycles. The molecular weight excluding hydrogens is 330 g/mol. The summed E-state index contributed by atoms with van der Waals surface area (Å²) in [5.74, 6) is 1.16. The molecule has 0 spiro atoms. The Morgan fingerprint density at radius 3 is 3.06 bits per heavy atom. The van der Waals surface area contributed by atoms with Crippen molar-refractivity contribution >= 4 is 46.2 Å². The molecule has 0 saturated carbocycles. The number of halogens is 1. The number of hydrogen-bond acceptors (Lipinski definition) is 3. The predicted molar refractivity (Wildman–Crippen MR) is 83.8 cm³/mol. The molecule has 1 heterocycles. The normalized spacial score (nSPS) is 23.1. The Balaban J connectivity index is 2.01. The molecule has 1 aliphatic heterocycles. The fourth-order valence-electron chi connectivity index (χ4n) is 2.03. The predicted octanol–water partition coefficient (Wildman–Crippen LogP) is 3.75. The number of amides is 1. The molecule has 0 radical (unpaired) electrons. The standard InChI is InChI=1S/C13H16BrNOS2/c1-13(5-2-6-18-13)8-15-12(16)10-7-9(17)3-4-11(10)14/h3-4,7,17H,2,5-6,8H2,1H3,(H,15,16). The Hall–Kier alpha value is -0.130. The lowest BCUT2D eigenvalue weighted by Crippen LogP contribution is -2.36. The molecule has 1 aromatic rings. The second kappa shape index (κ2) is 5.88. The van der Waals surface area contributed by atoms with Gasteiger partial charge in [-0.05, 0) is 59.6 Å². The lowest BCUT2D eigenvalue weighted by molar-refractivity contribution is 0.0949. The number of carbonyl (C=O) groups is 1. The van der Waals surface area contributed by atoms with E-state index in [4.69, 9.17) is 0 Å². The van der Waals surface area contributed by atoms with Crippen LogP contribution >= 0.6 is 40.3 Å². The number of thiol groups is 1. The highest BCUT2D eigenvalue weighted by atomic mass is 79.9. The Morgan fingerprint density at radius 2 is 2.39 bits per heavy atom. The van der Waals surface area contributed by atoms with Crippen LogP contribution in [0.2, 0.25) is 0 Å². The van der Waals surface area contributed by atoms with Crippen molar-refractivity contribution in [2.45, 2.75) is 29.4 Å². The van der Waals surface area contributed by atoms with E-state index in [-0.39, 0.29) is 10.7 Å². The van der Waals surface area contributed by atoms with Crippen molar-refractivity contribution in [2.24, 2.45) is 0 Å². The molecule has 18 heavy (non-hydrogen) atoms. The van der Waals surface area contributed by atoms with Gasteiger partial charge in [-0.3, -0.25) is 4.79 Å². The van der Waals surface area contributed by atoms with Gasteiger partial charge in [-0.25, -0.2) is 0 Å². The third kappa shape index (κ3) is 3.45. The molecule has 1 fully saturated rings. The summed E-state index contributed by atoms with van der Waals surface area (Å²) in [5.41, 5.74) is 0.647. The Bertz CT molecular complexity index is 458. The van der Waals surface area contributed by atoms with E-state index in [2.05, 4.69) is 40.8 Å². The van der Waals surface area contributed by atoms with Crippen LogP contribution in [0.3, 0.4) is 0 Å². The first-order valence-corrected chi connectivity index (χ1v) is 8.13. The first-order valence-electron chi connectivity index (χ1n) is 5.91. The maximum Gasteiger partial charge on any atom is 0.252 e. The smallest absolute Gasteiger partial charge is 0.252 e. The highest BCUT2D eigenvalue weighted by Crippen LogP contribution is 2.37. The van der Waals surface area contributed by atoms with Crippen molar-refractivity contribution in [3.8, 4) is 0 Å². The second-order valence-corrected chi connectivity index (χ2v) is 7.80. The minimum atomic E-state index is -0.0356. The van der Waals surface area contributed by atoms with E-state index in [1.165, 1.54) is 18.6 Å². The van der Waals surface area contributed by atoms with E-state index >= 15 is 0 Å². The molecule has 1 aliphatic rings. The fraction of sp³-hybridized carbons (Fsp3) is 0.462. The van der Waals surface area contributed by atoms with Gasteiger partial charge in [0.15, 0.2) is 0 Å². The van der Waals surface area contributed by atoms with Crippen molar-refractivity contribution in [1.29, 1.82) is 0 Å². The fourth-order valence-corrected chi connectivity index (χ4v) is 3.90. The van der Waals surface area contributed by atoms with Crippen LogP contribution in [0.25, 0.3) is 0 Å². The molecule has 1 amide bonds. The van der Waals surface area contributed by atoms with Crippen molar-refractivity contribution in [3.63, 3.8) is 0 Å². The zero-order chi connectivity index (χ0) is 13.2. The minimum absolute atomic E-state index is 0.0356. The van der Waals surface area contributed by atoms with Gasteiger partial charge in [-0.2, -0.15) is 11.8 Å². The molecule has 2 rings (SSSR count). The Morgan fingerprint density at radius 1 is 1.61 bits per heavy atom. The van der Waals surface area contributed by atoms with E-state index in [1.807, 2.05) is 23.9 Å². The molecule has 1 atom stereocenters. The van der Waals surface area contributed by atoms with E-state index < -0.39 is 0 Å². The minimum Gasteiger partial charge on any atom is -0.351 e. The molecule has 5 heteroatoms. The number of carbonyl (C=O) groups excluding carboxylic acids is 1. The van der Waals surface area contributed by atoms with E-state index in [0.29, 0.717) is 5.56 Å². The highest BCUT2D eigenvalue weighted by Gasteiger charge is 2.29. The molecule has 1 saturated heterocycles. The SMILES string of the molecule is CC1(CNC(=O)c2cc(S)ccc2Br)CCCS1. The zero-order valence-corrected chi connectivity index (χ0v) is 13.5. The van der Waals surface area contributed by atoms with Crippen molar-refractivity contribution in [1.82, 2.24) is 5.32 Å². The van der Waals surface area contributed by atoms with Crippen molar-refractivity contribution in [3.05, 3.63) is 28.2 Å². The zero-order valence-electron chi connectivity index (χ0n) is 10.2. The largest absolute Gasteiger partial charge is 0.351 e. The molecule has 98 valence electrons. The van der Waals surface area contributed by atoms with Crippen molar-refractivity contribution < 1.29 is 4.79 Å². The van der Waals surface area contributed by atoms with Gasteiger partial charge in [-0.15, -0.1) is 12.6 Å². The van der Waals surface area contributed by atoms with Gasteiger partial charge in [0.2, 0.25) is 0 Å². The topological polar surface area (TPSA) is 29.1 Å². The third-order valence-corrected chi connectivity index (χ3v) is 5.63. The van der Waals surface area contributed by atoms with Gasteiger partial charge in [0.1, 0.15) is 0 Å². The summed E-state index contributed by atoms with van der Waals surface area (Å²) < 4.78 is 1.00. The Kier molecular flexibility index (Phi) is 4.67. The van der Waals surface area contributed by atoms with Gasteiger partial charge in [0.05, 0.1) is 5.56 Å². The summed E-state index contributed by atoms with van der Waals surface area (Å²) in [5, 5.41) is 3.03. The number of hydrogen-bond donors (Lipinski definition) is 2. The summed E-state index contributed by atoms with van der Waals surface area (Å²) in [7, 11) is 0. The first-order chi connectivity index (χ1) is 8.50. The maximum atomic E-state index is 12.1. The molecule has 1 aromatic carbocycles. The van der Waals surface area contributed by atoms with E-state index in [1.54, 1.807) is 6.07 Å². The van der Waals surface area contributed by atoms with Crippen LogP contribution in [0.1, 0.15) is 30.1 Å². The van der Waals surface area contributed by atoms with Gasteiger partial charge < -0.3 is 5.32 Å². The number of thioether (sulfide) groups is 1. The lowest BCUT2D eigenvalue weighted by Gasteiger charge is -2.23. The summed E-state index contributed by atoms with van der Waals surface area (Å²) >= 11 is 9.61. The molecule has 0 bridgehead atoms. The average molecular weight is 346 g/mol. The van der Waals surface area contributed by atoms with Crippen LogP contribution in [0.4, 0.5) is 0 Å². The average Bonchev–Trinajstić information content (AvgIpc) is 2.77. The van der Waals surface area contributed by atoms with Crippen LogP contribution < -0.4 is 5.32 Å². The maximum absolute atomic E-state index is 12.1. The molecule has 2 nitrogen and oxygen atoms in total. The quantitative estimate of drug-likeness (QED) is 0.816. The second-order valence-electron chi connectivity index (χ2n) is 4.75. The van der Waals surface area contributed by atoms with Crippen LogP contribution in [-0.4, -0.2) is 23.0 Å².